The Kier molecular flexibility index (Phi) is 11.0. The van der Waals surface area contributed by atoms with Crippen molar-refractivity contribution in [1.29, 1.82) is 0 Å². The Morgan fingerprint density at radius 1 is 0.979 bits per heavy atom. The molecule has 0 aliphatic carbocycles. The van der Waals surface area contributed by atoms with Crippen molar-refractivity contribution in [2.75, 3.05) is 64.3 Å². The number of hydrogen-bond acceptors (Lipinski definition) is 8. The number of carbonyl (C=O) groups is 4. The quantitative estimate of drug-likeness (QED) is 0.414. The number of para-hydroxylation sites is 1. The molecule has 2 aromatic rings. The highest BCUT2D eigenvalue weighted by Gasteiger charge is 2.36. The van der Waals surface area contributed by atoms with Crippen LogP contribution in [0.15, 0.2) is 36.4 Å². The number of ether oxygens (including phenoxy) is 3. The van der Waals surface area contributed by atoms with Gasteiger partial charge in [-0.2, -0.15) is 0 Å². The first-order valence-electron chi connectivity index (χ1n) is 16.9. The summed E-state index contributed by atoms with van der Waals surface area (Å²) in [6.07, 6.45) is 2.47. The number of piperazine rings is 1. The Hall–Kier alpha value is -3.87. The molecule has 1 atom stereocenters. The number of carbonyl (C=O) groups excluding carboxylic acids is 4. The summed E-state index contributed by atoms with van der Waals surface area (Å²) in [7, 11) is 0. The van der Waals surface area contributed by atoms with E-state index in [0.717, 1.165) is 56.8 Å². The van der Waals surface area contributed by atoms with Gasteiger partial charge in [-0.05, 0) is 67.9 Å². The molecule has 4 heterocycles. The molecular weight excluding hydrogens is 638 g/mol. The van der Waals surface area contributed by atoms with Gasteiger partial charge in [0, 0.05) is 83.2 Å². The third-order valence-corrected chi connectivity index (χ3v) is 10.3. The molecular formula is C35H44ClN5O7. The summed E-state index contributed by atoms with van der Waals surface area (Å²) in [6.45, 7) is 7.63. The van der Waals surface area contributed by atoms with Crippen LogP contribution in [0.2, 0.25) is 5.02 Å². The zero-order valence-corrected chi connectivity index (χ0v) is 28.2. The maximum Gasteiger partial charge on any atom is 0.410 e. The van der Waals surface area contributed by atoms with E-state index in [2.05, 4.69) is 10.2 Å². The van der Waals surface area contributed by atoms with E-state index in [1.165, 1.54) is 0 Å². The Balaban J connectivity index is 1.10. The minimum absolute atomic E-state index is 0.00923. The number of piperidine rings is 1. The number of halogens is 1. The van der Waals surface area contributed by atoms with E-state index < -0.39 is 12.2 Å². The van der Waals surface area contributed by atoms with Gasteiger partial charge >= 0.3 is 12.1 Å². The van der Waals surface area contributed by atoms with Gasteiger partial charge in [0.15, 0.2) is 11.9 Å². The van der Waals surface area contributed by atoms with E-state index in [0.29, 0.717) is 69.2 Å². The van der Waals surface area contributed by atoms with Gasteiger partial charge in [-0.25, -0.2) is 9.59 Å². The summed E-state index contributed by atoms with van der Waals surface area (Å²) >= 11 is 6.42. The maximum absolute atomic E-state index is 14.0. The Morgan fingerprint density at radius 2 is 1.71 bits per heavy atom. The van der Waals surface area contributed by atoms with Crippen molar-refractivity contribution >= 4 is 41.8 Å². The maximum atomic E-state index is 14.0. The molecule has 0 unspecified atom stereocenters. The van der Waals surface area contributed by atoms with Gasteiger partial charge in [0.1, 0.15) is 0 Å². The van der Waals surface area contributed by atoms with E-state index in [1.54, 1.807) is 28.9 Å². The molecule has 3 saturated heterocycles. The van der Waals surface area contributed by atoms with Gasteiger partial charge in [0.25, 0.3) is 12.4 Å². The Morgan fingerprint density at radius 3 is 2.42 bits per heavy atom. The smallest absolute Gasteiger partial charge is 0.410 e. The number of rotatable bonds is 8. The Labute approximate surface area is 286 Å². The van der Waals surface area contributed by atoms with Gasteiger partial charge in [0.05, 0.1) is 5.02 Å². The van der Waals surface area contributed by atoms with Crippen molar-refractivity contribution < 1.29 is 33.4 Å². The van der Waals surface area contributed by atoms with Gasteiger partial charge in [0.2, 0.25) is 0 Å². The number of fused-ring (bicyclic) bond motifs is 1. The lowest BCUT2D eigenvalue weighted by atomic mass is 10.0. The second-order valence-electron chi connectivity index (χ2n) is 13.0. The average molecular weight is 682 g/mol. The summed E-state index contributed by atoms with van der Waals surface area (Å²) < 4.78 is 16.6. The van der Waals surface area contributed by atoms with Crippen molar-refractivity contribution in [3.8, 4) is 5.75 Å². The van der Waals surface area contributed by atoms with Crippen molar-refractivity contribution in [1.82, 2.24) is 19.6 Å². The first kappa shape index (κ1) is 34.0. The summed E-state index contributed by atoms with van der Waals surface area (Å²) in [5.74, 6) is 0.0111. The van der Waals surface area contributed by atoms with Crippen LogP contribution in [0.25, 0.3) is 0 Å². The fourth-order valence-electron chi connectivity index (χ4n) is 7.37. The molecule has 258 valence electrons. The number of urea groups is 1. The molecule has 0 aromatic heterocycles. The molecule has 0 saturated carbocycles. The van der Waals surface area contributed by atoms with Crippen molar-refractivity contribution in [3.05, 3.63) is 58.1 Å². The van der Waals surface area contributed by atoms with E-state index in [4.69, 9.17) is 25.8 Å². The monoisotopic (exact) mass is 681 g/mol. The molecule has 0 spiro atoms. The van der Waals surface area contributed by atoms with E-state index in [9.17, 15) is 19.2 Å². The highest BCUT2D eigenvalue weighted by molar-refractivity contribution is 6.32. The third-order valence-electron chi connectivity index (χ3n) is 10.0. The molecule has 4 aliphatic rings. The number of anilines is 1. The first-order chi connectivity index (χ1) is 23.3. The normalized spacial score (nSPS) is 20.4. The Bertz CT molecular complexity index is 1460. The topological polar surface area (TPSA) is 121 Å². The number of nitrogens with zero attached hydrogens (tertiary/aromatic N) is 4. The number of likely N-dealkylation sites (tertiary alicyclic amines) is 1. The van der Waals surface area contributed by atoms with Crippen LogP contribution < -0.4 is 10.1 Å². The largest absolute Gasteiger partial charge is 0.436 e. The minimum atomic E-state index is -1.06. The van der Waals surface area contributed by atoms with Gasteiger partial charge < -0.3 is 34.2 Å². The molecule has 0 bridgehead atoms. The summed E-state index contributed by atoms with van der Waals surface area (Å²) in [5.41, 5.74) is 3.27. The fourth-order valence-corrected chi connectivity index (χ4v) is 7.70. The lowest BCUT2D eigenvalue weighted by molar-refractivity contribution is -0.143. The highest BCUT2D eigenvalue weighted by Crippen LogP contribution is 2.31. The zero-order chi connectivity index (χ0) is 33.6. The van der Waals surface area contributed by atoms with E-state index >= 15 is 0 Å². The van der Waals surface area contributed by atoms with Crippen molar-refractivity contribution in [2.24, 2.45) is 0 Å². The number of aryl methyl sites for hydroxylation is 1. The number of benzene rings is 2. The van der Waals surface area contributed by atoms with Crippen molar-refractivity contribution in [2.45, 2.75) is 63.6 Å². The molecule has 48 heavy (non-hydrogen) atoms. The highest BCUT2D eigenvalue weighted by atomic mass is 35.5. The summed E-state index contributed by atoms with van der Waals surface area (Å²) in [6, 6.07) is 11.6. The number of hydrogen-bond donors (Lipinski definition) is 1. The summed E-state index contributed by atoms with van der Waals surface area (Å²) in [4.78, 5) is 59.4. The molecule has 3 fully saturated rings. The molecule has 1 N–H and O–H groups in total. The van der Waals surface area contributed by atoms with Crippen LogP contribution in [0, 0.1) is 6.92 Å². The molecule has 12 nitrogen and oxygen atoms in total. The standard InChI is InChI=1S/C35H44ClN5O7/c1-24-20-25(21-29(36)32(24)47-23-42)22-31(33(43)39-16-14-38(15-17-39)27-9-18-46-19-10-27)48-35(45)40-11-7-28(8-12-40)41-13-6-26-4-2-3-5-30(26)37-34(41)44/h2-5,20-21,23,27-28,31H,6-19,22H2,1H3,(H,37,44)/t31-/m1/s1. The lowest BCUT2D eigenvalue weighted by Crippen LogP contribution is -2.56. The SMILES string of the molecule is Cc1cc(C[C@@H](OC(=O)N2CCC(N3CCc4ccccc4NC3=O)CC2)C(=O)N2CCN(C3CCOCC3)CC2)cc(Cl)c1OC=O. The van der Waals surface area contributed by atoms with Crippen LogP contribution in [0.3, 0.4) is 0 Å². The predicted octanol–water partition coefficient (Wildman–Crippen LogP) is 4.11. The molecule has 13 heteroatoms. The lowest BCUT2D eigenvalue weighted by Gasteiger charge is -2.41. The zero-order valence-electron chi connectivity index (χ0n) is 27.4. The third kappa shape index (κ3) is 7.88. The second-order valence-corrected chi connectivity index (χ2v) is 13.4. The summed E-state index contributed by atoms with van der Waals surface area (Å²) in [5, 5.41) is 3.27. The van der Waals surface area contributed by atoms with Crippen LogP contribution >= 0.6 is 11.6 Å². The van der Waals surface area contributed by atoms with E-state index in [1.807, 2.05) is 29.2 Å². The minimum Gasteiger partial charge on any atom is -0.436 e. The van der Waals surface area contributed by atoms with Gasteiger partial charge in [-0.3, -0.25) is 14.5 Å². The average Bonchev–Trinajstić information content (AvgIpc) is 3.27. The van der Waals surface area contributed by atoms with Crippen molar-refractivity contribution in [3.63, 3.8) is 0 Å². The predicted molar refractivity (Wildman–Crippen MR) is 179 cm³/mol. The van der Waals surface area contributed by atoms with Gasteiger partial charge in [-0.15, -0.1) is 0 Å². The molecule has 4 aliphatic heterocycles. The van der Waals surface area contributed by atoms with Crippen LogP contribution in [0.1, 0.15) is 42.4 Å². The number of nitrogens with one attached hydrogen (secondary N) is 1. The van der Waals surface area contributed by atoms with Crippen LogP contribution in [0.5, 0.6) is 5.75 Å². The van der Waals surface area contributed by atoms with Gasteiger partial charge in [-0.1, -0.05) is 35.9 Å². The molecule has 0 radical (unpaired) electrons. The second kappa shape index (κ2) is 15.6. The van der Waals surface area contributed by atoms with E-state index in [-0.39, 0.29) is 35.2 Å². The van der Waals surface area contributed by atoms with Crippen LogP contribution in [-0.4, -0.2) is 121 Å². The molecule has 2 aromatic carbocycles. The molecule has 4 amide bonds. The number of amides is 4. The van der Waals surface area contributed by atoms with Crippen LogP contribution in [0.4, 0.5) is 15.3 Å². The molecule has 6 rings (SSSR count). The van der Waals surface area contributed by atoms with Crippen LogP contribution in [-0.2, 0) is 31.9 Å². The fraction of sp³-hybridized carbons (Fsp3) is 0.543. The first-order valence-corrected chi connectivity index (χ1v) is 17.3.